The van der Waals surface area contributed by atoms with Gasteiger partial charge in [0, 0.05) is 0 Å². The molecule has 0 aromatic heterocycles. The summed E-state index contributed by atoms with van der Waals surface area (Å²) >= 11 is 0. The molecule has 0 N–H and O–H groups in total. The van der Waals surface area contributed by atoms with Crippen LogP contribution in [0.5, 0.6) is 11.5 Å². The van der Waals surface area contributed by atoms with Gasteiger partial charge in [0.25, 0.3) is 0 Å². The van der Waals surface area contributed by atoms with Crippen LogP contribution in [0.15, 0.2) is 48.5 Å². The maximum absolute atomic E-state index is 12.7. The van der Waals surface area contributed by atoms with Crippen molar-refractivity contribution in [1.29, 1.82) is 0 Å². The third-order valence-corrected chi connectivity index (χ3v) is 3.95. The Bertz CT molecular complexity index is 584. The van der Waals surface area contributed by atoms with Gasteiger partial charge in [0.1, 0.15) is 17.1 Å². The number of ether oxygens (including phenoxy) is 2. The Morgan fingerprint density at radius 3 is 2.00 bits per heavy atom. The van der Waals surface area contributed by atoms with Gasteiger partial charge in [-0.25, -0.2) is 0 Å². The van der Waals surface area contributed by atoms with Gasteiger partial charge in [-0.05, 0) is 39.9 Å². The normalized spacial score (nSPS) is 10.3. The third kappa shape index (κ3) is 4.89. The predicted octanol–water partition coefficient (Wildman–Crippen LogP) is 0.745. The second-order valence-corrected chi connectivity index (χ2v) is 5.60. The molecule has 0 saturated carbocycles. The van der Waals surface area contributed by atoms with Crippen LogP contribution in [-0.4, -0.2) is 18.7 Å². The Hall–Kier alpha value is -1.26. The average molecular weight is 310 g/mol. The van der Waals surface area contributed by atoms with Crippen molar-refractivity contribution in [1.82, 2.24) is 0 Å². The van der Waals surface area contributed by atoms with Gasteiger partial charge in [0.15, 0.2) is 5.52 Å². The van der Waals surface area contributed by atoms with Gasteiger partial charge in [-0.15, -0.1) is 0 Å². The van der Waals surface area contributed by atoms with E-state index in [4.69, 9.17) is 9.47 Å². The summed E-state index contributed by atoms with van der Waals surface area (Å²) in [6.45, 7) is 4.84. The minimum absolute atomic E-state index is 0. The molecule has 0 saturated heterocycles. The first-order chi connectivity index (χ1) is 10.3. The maximum Gasteiger partial charge on any atom is 1.00 e. The van der Waals surface area contributed by atoms with Gasteiger partial charge < -0.3 is 10.9 Å². The van der Waals surface area contributed by atoms with E-state index in [0.29, 0.717) is 30.3 Å². The van der Waals surface area contributed by atoms with Crippen LogP contribution in [0.1, 0.15) is 25.6 Å². The van der Waals surface area contributed by atoms with Crippen LogP contribution in [0.4, 0.5) is 0 Å². The quantitative estimate of drug-likeness (QED) is 0.559. The SMILES string of the molecule is CCOc1cccc(OCC)c1C(=O)Pc1ccccc1.[H-].[Li+]. The van der Waals surface area contributed by atoms with Crippen molar-refractivity contribution < 1.29 is 34.6 Å². The first-order valence-corrected chi connectivity index (χ1v) is 8.01. The molecule has 112 valence electrons. The molecular weight excluding hydrogens is 290 g/mol. The minimum Gasteiger partial charge on any atom is -1.00 e. The first kappa shape index (κ1) is 18.8. The summed E-state index contributed by atoms with van der Waals surface area (Å²) < 4.78 is 11.2. The molecule has 0 radical (unpaired) electrons. The monoisotopic (exact) mass is 310 g/mol. The largest absolute Gasteiger partial charge is 1.00 e. The van der Waals surface area contributed by atoms with Crippen molar-refractivity contribution in [2.45, 2.75) is 13.8 Å². The fourth-order valence-corrected chi connectivity index (χ4v) is 2.99. The van der Waals surface area contributed by atoms with Crippen LogP contribution in [0.25, 0.3) is 0 Å². The smallest absolute Gasteiger partial charge is 1.00 e. The molecule has 0 fully saturated rings. The van der Waals surface area contributed by atoms with Crippen LogP contribution in [-0.2, 0) is 0 Å². The van der Waals surface area contributed by atoms with Crippen molar-refractivity contribution in [3.63, 3.8) is 0 Å². The number of carbonyl (C=O) groups is 1. The van der Waals surface area contributed by atoms with Crippen LogP contribution < -0.4 is 33.6 Å². The molecule has 2 rings (SSSR count). The molecule has 0 heterocycles. The molecule has 0 aliphatic carbocycles. The van der Waals surface area contributed by atoms with Crippen molar-refractivity contribution in [3.8, 4) is 11.5 Å². The molecule has 5 heteroatoms. The van der Waals surface area contributed by atoms with Crippen molar-refractivity contribution in [2.75, 3.05) is 13.2 Å². The number of hydrogen-bond donors (Lipinski definition) is 0. The molecule has 0 bridgehead atoms. The Morgan fingerprint density at radius 2 is 1.50 bits per heavy atom. The van der Waals surface area contributed by atoms with E-state index >= 15 is 0 Å². The van der Waals surface area contributed by atoms with Gasteiger partial charge >= 0.3 is 18.9 Å². The van der Waals surface area contributed by atoms with Crippen molar-refractivity contribution >= 4 is 19.4 Å². The van der Waals surface area contributed by atoms with Gasteiger partial charge in [-0.3, -0.25) is 4.79 Å². The number of hydrogen-bond acceptors (Lipinski definition) is 3. The topological polar surface area (TPSA) is 35.5 Å². The fourth-order valence-electron chi connectivity index (χ4n) is 2.00. The van der Waals surface area contributed by atoms with Gasteiger partial charge in [0.2, 0.25) is 0 Å². The van der Waals surface area contributed by atoms with E-state index in [1.165, 1.54) is 0 Å². The van der Waals surface area contributed by atoms with E-state index in [1.54, 1.807) is 0 Å². The van der Waals surface area contributed by atoms with Crippen LogP contribution >= 0.6 is 8.58 Å². The summed E-state index contributed by atoms with van der Waals surface area (Å²) in [6.07, 6.45) is 0. The van der Waals surface area contributed by atoms with E-state index in [-0.39, 0.29) is 34.4 Å². The van der Waals surface area contributed by atoms with Crippen LogP contribution in [0, 0.1) is 0 Å². The minimum atomic E-state index is 0. The Labute approximate surface area is 146 Å². The van der Waals surface area contributed by atoms with Gasteiger partial charge in [0.05, 0.1) is 13.2 Å². The first-order valence-electron chi connectivity index (χ1n) is 7.01. The average Bonchev–Trinajstić information content (AvgIpc) is 2.49. The summed E-state index contributed by atoms with van der Waals surface area (Å²) in [4.78, 5) is 12.7. The number of rotatable bonds is 7. The van der Waals surface area contributed by atoms with E-state index in [2.05, 4.69) is 0 Å². The van der Waals surface area contributed by atoms with Crippen molar-refractivity contribution in [2.24, 2.45) is 0 Å². The Morgan fingerprint density at radius 1 is 0.955 bits per heavy atom. The van der Waals surface area contributed by atoms with E-state index in [1.807, 2.05) is 62.4 Å². The Balaban J connectivity index is 0.00000242. The fraction of sp³-hybridized carbons (Fsp3) is 0.235. The summed E-state index contributed by atoms with van der Waals surface area (Å²) in [5, 5.41) is 1.01. The molecule has 2 aromatic carbocycles. The van der Waals surface area contributed by atoms with E-state index < -0.39 is 0 Å². The second kappa shape index (κ2) is 9.69. The standard InChI is InChI=1S/C17H19O3P.Li.H/c1-3-19-14-11-8-12-15(20-4-2)16(14)17(18)21-13-9-6-5-7-10-13;;/h5-12,21H,3-4H2,1-2H3;;/q;+1;-1. The molecule has 0 aliphatic rings. The molecule has 3 nitrogen and oxygen atoms in total. The van der Waals surface area contributed by atoms with E-state index in [9.17, 15) is 4.79 Å². The maximum atomic E-state index is 12.7. The molecule has 1 atom stereocenters. The zero-order valence-electron chi connectivity index (χ0n) is 14.3. The van der Waals surface area contributed by atoms with E-state index in [0.717, 1.165) is 5.30 Å². The summed E-state index contributed by atoms with van der Waals surface area (Å²) in [7, 11) is 0.0585. The van der Waals surface area contributed by atoms with Gasteiger partial charge in [-0.2, -0.15) is 0 Å². The second-order valence-electron chi connectivity index (χ2n) is 4.32. The third-order valence-electron chi connectivity index (χ3n) is 2.85. The molecular formula is C17H20LiO3P. The summed E-state index contributed by atoms with van der Waals surface area (Å²) in [5.74, 6) is 1.19. The number of benzene rings is 2. The zero-order chi connectivity index (χ0) is 15.1. The molecule has 22 heavy (non-hydrogen) atoms. The molecule has 1 unspecified atom stereocenters. The summed E-state index contributed by atoms with van der Waals surface area (Å²) in [5.41, 5.74) is 0.581. The molecule has 0 amide bonds. The van der Waals surface area contributed by atoms with Gasteiger partial charge in [-0.1, -0.05) is 36.4 Å². The number of carbonyl (C=O) groups excluding carboxylic acids is 1. The molecule has 2 aromatic rings. The Kier molecular flexibility index (Phi) is 8.28. The predicted molar refractivity (Wildman–Crippen MR) is 88.6 cm³/mol. The zero-order valence-corrected chi connectivity index (χ0v) is 14.3. The summed E-state index contributed by atoms with van der Waals surface area (Å²) in [6, 6.07) is 15.2. The molecule has 0 aliphatic heterocycles. The van der Waals surface area contributed by atoms with Crippen LogP contribution in [0.3, 0.4) is 0 Å². The molecule has 0 spiro atoms. The van der Waals surface area contributed by atoms with Crippen LogP contribution in [0.2, 0.25) is 0 Å². The van der Waals surface area contributed by atoms with Crippen molar-refractivity contribution in [3.05, 3.63) is 54.1 Å².